The first-order valence-electron chi connectivity index (χ1n) is 5.24. The maximum absolute atomic E-state index is 12.9. The van der Waals surface area contributed by atoms with Crippen molar-refractivity contribution >= 4 is 34.2 Å². The van der Waals surface area contributed by atoms with E-state index in [-0.39, 0.29) is 11.7 Å². The highest BCUT2D eigenvalue weighted by Crippen LogP contribution is 2.20. The third kappa shape index (κ3) is 2.53. The van der Waals surface area contributed by atoms with Crippen molar-refractivity contribution < 1.29 is 9.18 Å². The normalized spacial score (nSPS) is 10.4. The first-order valence-corrected chi connectivity index (χ1v) is 6.32. The Morgan fingerprint density at radius 3 is 2.78 bits per heavy atom. The van der Waals surface area contributed by atoms with Crippen molar-refractivity contribution in [2.75, 3.05) is 5.32 Å². The number of hydrogen-bond acceptors (Lipinski definition) is 2. The number of benzene rings is 1. The number of carbonyl (C=O) groups is 1. The van der Waals surface area contributed by atoms with Crippen LogP contribution in [0.4, 0.5) is 10.1 Å². The first kappa shape index (κ1) is 13.0. The van der Waals surface area contributed by atoms with Gasteiger partial charge in [-0.3, -0.25) is 9.48 Å². The lowest BCUT2D eigenvalue weighted by molar-refractivity contribution is 0.102. The molecule has 0 aliphatic heterocycles. The second kappa shape index (κ2) is 5.05. The number of nitrogens with zero attached hydrogens (tertiary/aromatic N) is 2. The number of halogens is 2. The molecular weight excluding hydrogens is 348 g/mol. The van der Waals surface area contributed by atoms with E-state index in [4.69, 9.17) is 0 Å². The number of hydrogen-bond donors (Lipinski definition) is 1. The molecule has 0 aliphatic rings. The topological polar surface area (TPSA) is 46.9 Å². The van der Waals surface area contributed by atoms with Gasteiger partial charge in [-0.05, 0) is 47.7 Å². The Bertz CT molecular complexity index is 609. The predicted octanol–water partition coefficient (Wildman–Crippen LogP) is 2.72. The minimum Gasteiger partial charge on any atom is -0.321 e. The third-order valence-corrected chi connectivity index (χ3v) is 3.55. The van der Waals surface area contributed by atoms with Gasteiger partial charge in [0.25, 0.3) is 5.91 Å². The van der Waals surface area contributed by atoms with Gasteiger partial charge in [0.2, 0.25) is 0 Å². The predicted molar refractivity (Wildman–Crippen MR) is 75.0 cm³/mol. The molecule has 0 unspecified atom stereocenters. The van der Waals surface area contributed by atoms with E-state index in [0.717, 1.165) is 5.69 Å². The van der Waals surface area contributed by atoms with Crippen LogP contribution < -0.4 is 5.32 Å². The molecule has 94 valence electrons. The average molecular weight is 359 g/mol. The largest absolute Gasteiger partial charge is 0.321 e. The van der Waals surface area contributed by atoms with Gasteiger partial charge in [0.1, 0.15) is 5.82 Å². The molecule has 6 heteroatoms. The molecule has 0 radical (unpaired) electrons. The van der Waals surface area contributed by atoms with E-state index in [9.17, 15) is 9.18 Å². The molecule has 1 aromatic heterocycles. The summed E-state index contributed by atoms with van der Waals surface area (Å²) >= 11 is 1.98. The molecular formula is C12H11FIN3O. The van der Waals surface area contributed by atoms with Crippen LogP contribution in [0.15, 0.2) is 24.4 Å². The van der Waals surface area contributed by atoms with E-state index in [1.165, 1.54) is 18.3 Å². The van der Waals surface area contributed by atoms with Crippen LogP contribution in [-0.4, -0.2) is 15.7 Å². The molecule has 0 atom stereocenters. The summed E-state index contributed by atoms with van der Waals surface area (Å²) < 4.78 is 15.2. The average Bonchev–Trinajstić information content (AvgIpc) is 2.64. The Morgan fingerprint density at radius 2 is 2.22 bits per heavy atom. The van der Waals surface area contributed by atoms with Crippen molar-refractivity contribution in [3.63, 3.8) is 0 Å². The van der Waals surface area contributed by atoms with Crippen LogP contribution in [0.25, 0.3) is 0 Å². The van der Waals surface area contributed by atoms with Gasteiger partial charge in [-0.15, -0.1) is 0 Å². The van der Waals surface area contributed by atoms with Crippen LogP contribution in [0.3, 0.4) is 0 Å². The van der Waals surface area contributed by atoms with Crippen LogP contribution in [0.5, 0.6) is 0 Å². The summed E-state index contributed by atoms with van der Waals surface area (Å²) in [5.74, 6) is -0.569. The summed E-state index contributed by atoms with van der Waals surface area (Å²) in [5.41, 5.74) is 1.88. The van der Waals surface area contributed by atoms with Gasteiger partial charge < -0.3 is 5.32 Å². The van der Waals surface area contributed by atoms with Crippen molar-refractivity contribution in [3.8, 4) is 0 Å². The smallest absolute Gasteiger partial charge is 0.259 e. The molecule has 2 rings (SSSR count). The minimum absolute atomic E-state index is 0.245. The summed E-state index contributed by atoms with van der Waals surface area (Å²) in [6.07, 6.45) is 1.51. The summed E-state index contributed by atoms with van der Waals surface area (Å²) in [7, 11) is 1.77. The summed E-state index contributed by atoms with van der Waals surface area (Å²) in [5, 5.41) is 6.75. The Labute approximate surface area is 117 Å². The van der Waals surface area contributed by atoms with E-state index >= 15 is 0 Å². The third-order valence-electron chi connectivity index (χ3n) is 2.66. The lowest BCUT2D eigenvalue weighted by Gasteiger charge is -2.07. The maximum Gasteiger partial charge on any atom is 0.259 e. The van der Waals surface area contributed by atoms with E-state index in [2.05, 4.69) is 10.4 Å². The van der Waals surface area contributed by atoms with Crippen LogP contribution in [0.1, 0.15) is 16.1 Å². The summed E-state index contributed by atoms with van der Waals surface area (Å²) in [6.45, 7) is 1.82. The molecule has 0 saturated carbocycles. The zero-order chi connectivity index (χ0) is 13.3. The van der Waals surface area contributed by atoms with Gasteiger partial charge in [0.15, 0.2) is 0 Å². The molecule has 1 heterocycles. The van der Waals surface area contributed by atoms with E-state index in [1.807, 2.05) is 29.5 Å². The second-order valence-corrected chi connectivity index (χ2v) is 5.01. The molecule has 0 aliphatic carbocycles. The molecule has 0 spiro atoms. The fourth-order valence-corrected chi connectivity index (χ4v) is 2.11. The Morgan fingerprint density at radius 1 is 1.50 bits per heavy atom. The molecule has 0 saturated heterocycles. The van der Waals surface area contributed by atoms with Gasteiger partial charge in [0, 0.05) is 16.3 Å². The molecule has 1 N–H and O–H groups in total. The molecule has 2 aromatic rings. The van der Waals surface area contributed by atoms with Crippen molar-refractivity contribution in [1.82, 2.24) is 9.78 Å². The number of aryl methyl sites for hydroxylation is 1. The highest BCUT2D eigenvalue weighted by molar-refractivity contribution is 14.1. The lowest BCUT2D eigenvalue weighted by atomic mass is 10.2. The van der Waals surface area contributed by atoms with Gasteiger partial charge >= 0.3 is 0 Å². The van der Waals surface area contributed by atoms with Crippen LogP contribution >= 0.6 is 22.6 Å². The highest BCUT2D eigenvalue weighted by atomic mass is 127. The SMILES string of the molecule is Cc1c(C(=O)Nc2ccc(F)cc2I)cnn1C. The number of anilines is 1. The second-order valence-electron chi connectivity index (χ2n) is 3.85. The number of amides is 1. The molecule has 4 nitrogen and oxygen atoms in total. The minimum atomic E-state index is -0.324. The number of carbonyl (C=O) groups excluding carboxylic acids is 1. The van der Waals surface area contributed by atoms with Crippen molar-refractivity contribution in [1.29, 1.82) is 0 Å². The monoisotopic (exact) mass is 359 g/mol. The Kier molecular flexibility index (Phi) is 3.65. The fourth-order valence-electron chi connectivity index (χ4n) is 1.50. The van der Waals surface area contributed by atoms with Gasteiger partial charge in [-0.1, -0.05) is 0 Å². The zero-order valence-electron chi connectivity index (χ0n) is 9.87. The van der Waals surface area contributed by atoms with Gasteiger partial charge in [-0.2, -0.15) is 5.10 Å². The Hall–Kier alpha value is -1.44. The summed E-state index contributed by atoms with van der Waals surface area (Å²) in [4.78, 5) is 12.0. The molecule has 18 heavy (non-hydrogen) atoms. The summed E-state index contributed by atoms with van der Waals surface area (Å²) in [6, 6.07) is 4.22. The van der Waals surface area contributed by atoms with Gasteiger partial charge in [-0.25, -0.2) is 4.39 Å². The fraction of sp³-hybridized carbons (Fsp3) is 0.167. The zero-order valence-corrected chi connectivity index (χ0v) is 12.0. The first-order chi connectivity index (χ1) is 8.49. The molecule has 1 amide bonds. The van der Waals surface area contributed by atoms with Crippen molar-refractivity contribution in [2.24, 2.45) is 7.05 Å². The number of rotatable bonds is 2. The quantitative estimate of drug-likeness (QED) is 0.839. The van der Waals surface area contributed by atoms with E-state index in [0.29, 0.717) is 14.8 Å². The molecule has 0 bridgehead atoms. The van der Waals surface area contributed by atoms with E-state index < -0.39 is 0 Å². The van der Waals surface area contributed by atoms with Crippen LogP contribution in [0, 0.1) is 16.3 Å². The van der Waals surface area contributed by atoms with Crippen LogP contribution in [0.2, 0.25) is 0 Å². The Balaban J connectivity index is 2.24. The van der Waals surface area contributed by atoms with Gasteiger partial charge in [0.05, 0.1) is 17.4 Å². The number of nitrogens with one attached hydrogen (secondary N) is 1. The molecule has 0 fully saturated rings. The van der Waals surface area contributed by atoms with Crippen molar-refractivity contribution in [2.45, 2.75) is 6.92 Å². The highest BCUT2D eigenvalue weighted by Gasteiger charge is 2.14. The van der Waals surface area contributed by atoms with Crippen molar-refractivity contribution in [3.05, 3.63) is 45.0 Å². The number of aromatic nitrogens is 2. The van der Waals surface area contributed by atoms with Crippen LogP contribution in [-0.2, 0) is 7.05 Å². The standard InChI is InChI=1S/C12H11FIN3O/c1-7-9(6-15-17(7)2)12(18)16-11-4-3-8(13)5-10(11)14/h3-6H,1-2H3,(H,16,18). The van der Waals surface area contributed by atoms with E-state index in [1.54, 1.807) is 17.8 Å². The lowest BCUT2D eigenvalue weighted by Crippen LogP contribution is -2.13. The molecule has 1 aromatic carbocycles. The maximum atomic E-state index is 12.9.